The molecule has 0 unspecified atom stereocenters. The van der Waals surface area contributed by atoms with Gasteiger partial charge in [0.15, 0.2) is 5.84 Å². The Morgan fingerprint density at radius 3 is 2.65 bits per heavy atom. The molecule has 0 aliphatic heterocycles. The summed E-state index contributed by atoms with van der Waals surface area (Å²) in [5, 5.41) is 3.93. The van der Waals surface area contributed by atoms with Crippen LogP contribution in [0.15, 0.2) is 15.6 Å². The monoisotopic (exact) mass is 236 g/mol. The largest absolute Gasteiger partial charge is 0.361 e. The van der Waals surface area contributed by atoms with E-state index < -0.39 is 0 Å². The molecule has 0 radical (unpaired) electrons. The lowest BCUT2D eigenvalue weighted by atomic mass is 10.1. The van der Waals surface area contributed by atoms with Gasteiger partial charge in [0.05, 0.1) is 6.04 Å². The van der Waals surface area contributed by atoms with E-state index in [4.69, 9.17) is 10.4 Å². The second-order valence-corrected chi connectivity index (χ2v) is 4.59. The van der Waals surface area contributed by atoms with Gasteiger partial charge in [-0.15, -0.1) is 0 Å². The van der Waals surface area contributed by atoms with Gasteiger partial charge >= 0.3 is 0 Å². The van der Waals surface area contributed by atoms with E-state index >= 15 is 0 Å². The molecule has 94 valence electrons. The molecule has 0 atom stereocenters. The van der Waals surface area contributed by atoms with Gasteiger partial charge in [0.1, 0.15) is 11.5 Å². The van der Waals surface area contributed by atoms with Crippen molar-refractivity contribution in [3.05, 3.63) is 17.5 Å². The SMILES string of the molecule is Cc1cc(C(=NC2CCCCCC2)NN)no1. The second kappa shape index (κ2) is 5.82. The predicted molar refractivity (Wildman–Crippen MR) is 66.6 cm³/mol. The van der Waals surface area contributed by atoms with Crippen LogP contribution in [0.2, 0.25) is 0 Å². The molecule has 0 saturated heterocycles. The average Bonchev–Trinajstić information content (AvgIpc) is 2.62. The Balaban J connectivity index is 2.10. The van der Waals surface area contributed by atoms with Crippen LogP contribution in [-0.2, 0) is 0 Å². The Morgan fingerprint density at radius 2 is 2.12 bits per heavy atom. The lowest BCUT2D eigenvalue weighted by Gasteiger charge is -2.10. The maximum Gasteiger partial charge on any atom is 0.165 e. The third kappa shape index (κ3) is 3.30. The lowest BCUT2D eigenvalue weighted by Crippen LogP contribution is -2.32. The maximum absolute atomic E-state index is 5.51. The van der Waals surface area contributed by atoms with Gasteiger partial charge in [-0.05, 0) is 19.8 Å². The van der Waals surface area contributed by atoms with Crippen molar-refractivity contribution in [1.82, 2.24) is 10.6 Å². The Morgan fingerprint density at radius 1 is 1.41 bits per heavy atom. The number of aromatic nitrogens is 1. The molecule has 1 fully saturated rings. The highest BCUT2D eigenvalue weighted by Gasteiger charge is 2.14. The fourth-order valence-electron chi connectivity index (χ4n) is 2.22. The first-order chi connectivity index (χ1) is 8.29. The van der Waals surface area contributed by atoms with Crippen LogP contribution in [0.4, 0.5) is 0 Å². The summed E-state index contributed by atoms with van der Waals surface area (Å²) in [6.07, 6.45) is 7.43. The molecular formula is C12H20N4O. The summed E-state index contributed by atoms with van der Waals surface area (Å²) in [6.45, 7) is 1.86. The molecule has 1 aromatic rings. The third-order valence-electron chi connectivity index (χ3n) is 3.14. The van der Waals surface area contributed by atoms with E-state index in [1.807, 2.05) is 13.0 Å². The fraction of sp³-hybridized carbons (Fsp3) is 0.667. The summed E-state index contributed by atoms with van der Waals surface area (Å²) in [7, 11) is 0. The number of hydrazine groups is 1. The van der Waals surface area contributed by atoms with E-state index in [0.717, 1.165) is 18.6 Å². The van der Waals surface area contributed by atoms with Gasteiger partial charge in [0.25, 0.3) is 0 Å². The molecule has 2 rings (SSSR count). The van der Waals surface area contributed by atoms with E-state index in [1.165, 1.54) is 25.7 Å². The van der Waals surface area contributed by atoms with E-state index in [9.17, 15) is 0 Å². The minimum absolute atomic E-state index is 0.362. The van der Waals surface area contributed by atoms with Gasteiger partial charge in [-0.2, -0.15) is 0 Å². The Bertz CT molecular complexity index is 378. The number of nitrogens with two attached hydrogens (primary N) is 1. The molecule has 1 aliphatic rings. The molecule has 0 bridgehead atoms. The minimum Gasteiger partial charge on any atom is -0.361 e. The summed E-state index contributed by atoms with van der Waals surface area (Å²) >= 11 is 0. The van der Waals surface area contributed by atoms with Crippen molar-refractivity contribution in [1.29, 1.82) is 0 Å². The molecule has 3 N–H and O–H groups in total. The average molecular weight is 236 g/mol. The molecule has 0 amide bonds. The number of aryl methyl sites for hydroxylation is 1. The first-order valence-corrected chi connectivity index (χ1v) is 6.27. The molecule has 1 aromatic heterocycles. The van der Waals surface area contributed by atoms with Crippen LogP contribution < -0.4 is 11.3 Å². The number of aliphatic imine (C=N–C) groups is 1. The third-order valence-corrected chi connectivity index (χ3v) is 3.14. The van der Waals surface area contributed by atoms with Crippen molar-refractivity contribution >= 4 is 5.84 Å². The number of nitrogens with zero attached hydrogens (tertiary/aromatic N) is 2. The number of hydrogen-bond acceptors (Lipinski definition) is 4. The molecular weight excluding hydrogens is 216 g/mol. The molecule has 5 nitrogen and oxygen atoms in total. The summed E-state index contributed by atoms with van der Waals surface area (Å²) < 4.78 is 5.03. The first-order valence-electron chi connectivity index (χ1n) is 6.27. The molecule has 0 aromatic carbocycles. The zero-order chi connectivity index (χ0) is 12.1. The highest BCUT2D eigenvalue weighted by atomic mass is 16.5. The van der Waals surface area contributed by atoms with Crippen molar-refractivity contribution in [3.8, 4) is 0 Å². The zero-order valence-electron chi connectivity index (χ0n) is 10.3. The summed E-state index contributed by atoms with van der Waals surface area (Å²) in [5.41, 5.74) is 3.32. The lowest BCUT2D eigenvalue weighted by molar-refractivity contribution is 0.396. The van der Waals surface area contributed by atoms with E-state index in [1.54, 1.807) is 0 Å². The van der Waals surface area contributed by atoms with Crippen LogP contribution in [0.1, 0.15) is 50.0 Å². The summed E-state index contributed by atoms with van der Waals surface area (Å²) in [4.78, 5) is 4.66. The maximum atomic E-state index is 5.51. The molecule has 1 heterocycles. The van der Waals surface area contributed by atoms with E-state index in [-0.39, 0.29) is 0 Å². The highest BCUT2D eigenvalue weighted by Crippen LogP contribution is 2.20. The molecule has 1 aliphatic carbocycles. The van der Waals surface area contributed by atoms with Crippen molar-refractivity contribution < 1.29 is 4.52 Å². The molecule has 17 heavy (non-hydrogen) atoms. The van der Waals surface area contributed by atoms with Crippen LogP contribution in [0.3, 0.4) is 0 Å². The second-order valence-electron chi connectivity index (χ2n) is 4.59. The van der Waals surface area contributed by atoms with Crippen LogP contribution in [0, 0.1) is 6.92 Å². The van der Waals surface area contributed by atoms with Crippen molar-refractivity contribution in [2.24, 2.45) is 10.8 Å². The Labute approximate surface area is 101 Å². The summed E-state index contributed by atoms with van der Waals surface area (Å²) in [5.74, 6) is 6.91. The fourth-order valence-corrected chi connectivity index (χ4v) is 2.22. The molecule has 0 spiro atoms. The van der Waals surface area contributed by atoms with Gasteiger partial charge in [-0.25, -0.2) is 5.84 Å². The van der Waals surface area contributed by atoms with Gasteiger partial charge in [0, 0.05) is 6.07 Å². The highest BCUT2D eigenvalue weighted by molar-refractivity contribution is 5.96. The van der Waals surface area contributed by atoms with Gasteiger partial charge < -0.3 is 9.95 Å². The number of nitrogens with one attached hydrogen (secondary N) is 1. The van der Waals surface area contributed by atoms with Crippen LogP contribution >= 0.6 is 0 Å². The van der Waals surface area contributed by atoms with Crippen molar-refractivity contribution in [2.45, 2.75) is 51.5 Å². The Hall–Kier alpha value is -1.36. The normalized spacial score (nSPS) is 19.1. The quantitative estimate of drug-likeness (QED) is 0.270. The van der Waals surface area contributed by atoms with Gasteiger partial charge in [0.2, 0.25) is 0 Å². The van der Waals surface area contributed by atoms with E-state index in [0.29, 0.717) is 17.6 Å². The number of hydrogen-bond donors (Lipinski definition) is 2. The smallest absolute Gasteiger partial charge is 0.165 e. The van der Waals surface area contributed by atoms with E-state index in [2.05, 4.69) is 15.6 Å². The molecule has 1 saturated carbocycles. The van der Waals surface area contributed by atoms with Crippen LogP contribution in [0.25, 0.3) is 0 Å². The standard InChI is InChI=1S/C12H20N4O/c1-9-8-11(16-17-9)12(15-13)14-10-6-4-2-3-5-7-10/h8,10H,2-7,13H2,1H3,(H,14,15). The summed E-state index contributed by atoms with van der Waals surface area (Å²) in [6, 6.07) is 2.20. The zero-order valence-corrected chi connectivity index (χ0v) is 10.3. The number of amidine groups is 1. The van der Waals surface area contributed by atoms with Crippen LogP contribution in [-0.4, -0.2) is 17.0 Å². The predicted octanol–water partition coefficient (Wildman–Crippen LogP) is 1.92. The van der Waals surface area contributed by atoms with Gasteiger partial charge in [-0.3, -0.25) is 4.99 Å². The van der Waals surface area contributed by atoms with Crippen LogP contribution in [0.5, 0.6) is 0 Å². The first kappa shape index (κ1) is 12.1. The number of rotatable bonds is 2. The topological polar surface area (TPSA) is 76.4 Å². The Kier molecular flexibility index (Phi) is 4.14. The van der Waals surface area contributed by atoms with Gasteiger partial charge in [-0.1, -0.05) is 30.8 Å². The van der Waals surface area contributed by atoms with Crippen molar-refractivity contribution in [3.63, 3.8) is 0 Å². The molecule has 5 heteroatoms. The minimum atomic E-state index is 0.362. The van der Waals surface area contributed by atoms with Crippen molar-refractivity contribution in [2.75, 3.05) is 0 Å².